The summed E-state index contributed by atoms with van der Waals surface area (Å²) in [6.45, 7) is 4.35. The molecular weight excluding hydrogens is 424 g/mol. The number of nitrogens with zero attached hydrogens (tertiary/aromatic N) is 1. The molecule has 0 radical (unpaired) electrons. The highest BCUT2D eigenvalue weighted by Gasteiger charge is 2.51. The van der Waals surface area contributed by atoms with Gasteiger partial charge in [-0.2, -0.15) is 0 Å². The molecule has 1 heterocycles. The molecule has 0 unspecified atom stereocenters. The second-order valence-electron chi connectivity index (χ2n) is 6.45. The monoisotopic (exact) mass is 442 g/mol. The van der Waals surface area contributed by atoms with Gasteiger partial charge in [0.1, 0.15) is 0 Å². The van der Waals surface area contributed by atoms with Crippen molar-refractivity contribution in [3.8, 4) is 0 Å². The van der Waals surface area contributed by atoms with E-state index in [2.05, 4.69) is 44.1 Å². The second-order valence-corrected chi connectivity index (χ2v) is 8.81. The number of fused-ring (bicyclic) bond motifs is 1. The molecule has 4 atom stereocenters. The number of anilines is 1. The third kappa shape index (κ3) is 3.20. The van der Waals surface area contributed by atoms with Crippen LogP contribution in [0.1, 0.15) is 24.0 Å². The summed E-state index contributed by atoms with van der Waals surface area (Å²) < 4.78 is 0. The number of alkyl halides is 2. The van der Waals surface area contributed by atoms with Crippen LogP contribution in [0.2, 0.25) is 0 Å². The van der Waals surface area contributed by atoms with E-state index in [9.17, 15) is 9.59 Å². The summed E-state index contributed by atoms with van der Waals surface area (Å²) >= 11 is 7.21. The fourth-order valence-corrected chi connectivity index (χ4v) is 4.58. The summed E-state index contributed by atoms with van der Waals surface area (Å²) in [7, 11) is 0. The molecule has 124 valence electrons. The third-order valence-corrected chi connectivity index (χ3v) is 7.68. The lowest BCUT2D eigenvalue weighted by atomic mass is 9.81. The Morgan fingerprint density at radius 2 is 1.61 bits per heavy atom. The predicted octanol–water partition coefficient (Wildman–Crippen LogP) is 3.59. The number of amides is 2. The minimum atomic E-state index is -0.178. The van der Waals surface area contributed by atoms with Crippen LogP contribution >= 0.6 is 31.9 Å². The molecule has 1 saturated carbocycles. The molecule has 0 aromatic heterocycles. The Morgan fingerprint density at radius 3 is 2.13 bits per heavy atom. The van der Waals surface area contributed by atoms with Crippen molar-refractivity contribution in [1.82, 2.24) is 4.90 Å². The summed E-state index contributed by atoms with van der Waals surface area (Å²) in [5.74, 6) is -0.440. The van der Waals surface area contributed by atoms with Gasteiger partial charge >= 0.3 is 0 Å². The molecule has 1 N–H and O–H groups in total. The van der Waals surface area contributed by atoms with Gasteiger partial charge in [-0.3, -0.25) is 14.5 Å². The van der Waals surface area contributed by atoms with Crippen LogP contribution in [0.3, 0.4) is 0 Å². The zero-order valence-electron chi connectivity index (χ0n) is 13.2. The van der Waals surface area contributed by atoms with Gasteiger partial charge in [-0.15, -0.1) is 0 Å². The number of aryl methyl sites for hydroxylation is 2. The topological polar surface area (TPSA) is 49.4 Å². The van der Waals surface area contributed by atoms with E-state index < -0.39 is 0 Å². The van der Waals surface area contributed by atoms with E-state index in [4.69, 9.17) is 0 Å². The van der Waals surface area contributed by atoms with Crippen molar-refractivity contribution in [2.75, 3.05) is 12.0 Å². The number of hydrogen-bond acceptors (Lipinski definition) is 3. The van der Waals surface area contributed by atoms with Crippen molar-refractivity contribution in [3.63, 3.8) is 0 Å². The average Bonchev–Trinajstić information content (AvgIpc) is 2.73. The van der Waals surface area contributed by atoms with Gasteiger partial charge in [0.2, 0.25) is 11.8 Å². The Labute approximate surface area is 153 Å². The summed E-state index contributed by atoms with van der Waals surface area (Å²) in [5, 5.41) is 3.21. The van der Waals surface area contributed by atoms with E-state index in [1.165, 1.54) is 16.0 Å². The SMILES string of the molecule is Cc1ccc(NCN2C(=O)[C@H]3C[C@@H](Br)[C@H](Br)C[C@@H]3C2=O)cc1C. The lowest BCUT2D eigenvalue weighted by molar-refractivity contribution is -0.139. The number of hydrogen-bond donors (Lipinski definition) is 1. The molecule has 1 aliphatic heterocycles. The van der Waals surface area contributed by atoms with E-state index in [0.29, 0.717) is 12.8 Å². The largest absolute Gasteiger partial charge is 0.367 e. The van der Waals surface area contributed by atoms with Crippen LogP contribution in [0.25, 0.3) is 0 Å². The van der Waals surface area contributed by atoms with Gasteiger partial charge in [0.15, 0.2) is 0 Å². The molecule has 1 saturated heterocycles. The van der Waals surface area contributed by atoms with Crippen LogP contribution in [0.5, 0.6) is 0 Å². The van der Waals surface area contributed by atoms with Crippen LogP contribution in [-0.2, 0) is 9.59 Å². The Balaban J connectivity index is 1.70. The maximum atomic E-state index is 12.6. The lowest BCUT2D eigenvalue weighted by Crippen LogP contribution is -2.35. The molecule has 0 bridgehead atoms. The van der Waals surface area contributed by atoms with Crippen molar-refractivity contribution < 1.29 is 9.59 Å². The Morgan fingerprint density at radius 1 is 1.04 bits per heavy atom. The van der Waals surface area contributed by atoms with E-state index in [-0.39, 0.29) is 40.0 Å². The maximum absolute atomic E-state index is 12.6. The van der Waals surface area contributed by atoms with Crippen LogP contribution < -0.4 is 5.32 Å². The van der Waals surface area contributed by atoms with Crippen LogP contribution in [0.15, 0.2) is 18.2 Å². The van der Waals surface area contributed by atoms with Gasteiger partial charge in [0.25, 0.3) is 0 Å². The number of carbonyl (C=O) groups excluding carboxylic acids is 2. The number of benzene rings is 1. The molecule has 1 aromatic rings. The molecule has 6 heteroatoms. The number of nitrogens with one attached hydrogen (secondary N) is 1. The summed E-state index contributed by atoms with van der Waals surface area (Å²) in [4.78, 5) is 27.0. The Kier molecular flexibility index (Phi) is 4.83. The zero-order chi connectivity index (χ0) is 16.7. The minimum absolute atomic E-state index is 0.0415. The third-order valence-electron chi connectivity index (χ3n) is 4.95. The molecule has 1 aromatic carbocycles. The minimum Gasteiger partial charge on any atom is -0.367 e. The van der Waals surface area contributed by atoms with Crippen molar-refractivity contribution >= 4 is 49.4 Å². The maximum Gasteiger partial charge on any atom is 0.234 e. The van der Waals surface area contributed by atoms with Crippen LogP contribution in [0, 0.1) is 25.7 Å². The zero-order valence-corrected chi connectivity index (χ0v) is 16.4. The van der Waals surface area contributed by atoms with Gasteiger partial charge < -0.3 is 5.32 Å². The highest BCUT2D eigenvalue weighted by Crippen LogP contribution is 2.43. The quantitative estimate of drug-likeness (QED) is 0.573. The fourth-order valence-electron chi connectivity index (χ4n) is 3.34. The molecule has 23 heavy (non-hydrogen) atoms. The van der Waals surface area contributed by atoms with E-state index in [1.54, 1.807) is 0 Å². The average molecular weight is 444 g/mol. The number of carbonyl (C=O) groups is 2. The molecular formula is C17H20Br2N2O2. The van der Waals surface area contributed by atoms with Crippen LogP contribution in [0.4, 0.5) is 5.69 Å². The molecule has 2 aliphatic rings. The van der Waals surface area contributed by atoms with Crippen molar-refractivity contribution in [2.45, 2.75) is 36.3 Å². The van der Waals surface area contributed by atoms with Gasteiger partial charge in [-0.05, 0) is 49.9 Å². The molecule has 1 aliphatic carbocycles. The number of imide groups is 1. The van der Waals surface area contributed by atoms with E-state index in [1.807, 2.05) is 25.1 Å². The van der Waals surface area contributed by atoms with E-state index >= 15 is 0 Å². The second kappa shape index (κ2) is 6.55. The summed E-state index contributed by atoms with van der Waals surface area (Å²) in [5.41, 5.74) is 3.34. The van der Waals surface area contributed by atoms with E-state index in [0.717, 1.165) is 5.69 Å². The van der Waals surface area contributed by atoms with Gasteiger partial charge in [-0.1, -0.05) is 37.9 Å². The Hall–Kier alpha value is -0.880. The standard InChI is InChI=1S/C17H20Br2N2O2/c1-9-3-4-11(5-10(9)2)20-8-21-16(22)12-6-14(18)15(19)7-13(12)17(21)23/h3-5,12-15,20H,6-8H2,1-2H3/t12-,13-,14+,15+/m0/s1. The highest BCUT2D eigenvalue weighted by molar-refractivity contribution is 9.12. The lowest BCUT2D eigenvalue weighted by Gasteiger charge is -2.29. The first-order chi connectivity index (χ1) is 10.9. The molecule has 2 amide bonds. The predicted molar refractivity (Wildman–Crippen MR) is 97.9 cm³/mol. The molecule has 3 rings (SSSR count). The normalized spacial score (nSPS) is 30.5. The van der Waals surface area contributed by atoms with Gasteiger partial charge in [0, 0.05) is 15.3 Å². The number of halogens is 2. The smallest absolute Gasteiger partial charge is 0.234 e. The first kappa shape index (κ1) is 17.0. The van der Waals surface area contributed by atoms with Gasteiger partial charge in [0.05, 0.1) is 18.5 Å². The van der Waals surface area contributed by atoms with Crippen LogP contribution in [-0.4, -0.2) is 33.0 Å². The molecule has 4 nitrogen and oxygen atoms in total. The summed E-state index contributed by atoms with van der Waals surface area (Å²) in [6.07, 6.45) is 1.43. The molecule has 2 fully saturated rings. The summed E-state index contributed by atoms with van der Waals surface area (Å²) in [6, 6.07) is 6.05. The number of rotatable bonds is 3. The Bertz CT molecular complexity index is 621. The first-order valence-electron chi connectivity index (χ1n) is 7.83. The fraction of sp³-hybridized carbons (Fsp3) is 0.529. The van der Waals surface area contributed by atoms with Gasteiger partial charge in [-0.25, -0.2) is 0 Å². The van der Waals surface area contributed by atoms with Crippen molar-refractivity contribution in [2.24, 2.45) is 11.8 Å². The highest BCUT2D eigenvalue weighted by atomic mass is 79.9. The van der Waals surface area contributed by atoms with Crippen molar-refractivity contribution in [1.29, 1.82) is 0 Å². The number of likely N-dealkylation sites (tertiary alicyclic amines) is 1. The molecule has 0 spiro atoms. The first-order valence-corrected chi connectivity index (χ1v) is 9.66. The van der Waals surface area contributed by atoms with Crippen molar-refractivity contribution in [3.05, 3.63) is 29.3 Å².